The summed E-state index contributed by atoms with van der Waals surface area (Å²) in [7, 11) is 0.239. The van der Waals surface area contributed by atoms with E-state index in [1.807, 2.05) is 0 Å². The molecule has 0 atom stereocenters. The lowest BCUT2D eigenvalue weighted by molar-refractivity contribution is -0.137. The SMILES string of the molecule is C[S+](C)CC#Cc1ccc(C(F)(F)F)cc1. The van der Waals surface area contributed by atoms with Gasteiger partial charge in [0.15, 0.2) is 5.75 Å². The van der Waals surface area contributed by atoms with Gasteiger partial charge < -0.3 is 0 Å². The minimum atomic E-state index is -4.27. The van der Waals surface area contributed by atoms with Crippen molar-refractivity contribution >= 4 is 10.9 Å². The Hall–Kier alpha value is -1.08. The van der Waals surface area contributed by atoms with Gasteiger partial charge in [0, 0.05) is 5.56 Å². The first-order valence-electron chi connectivity index (χ1n) is 4.60. The summed E-state index contributed by atoms with van der Waals surface area (Å²) in [5, 5.41) is 0. The molecule has 0 fully saturated rings. The predicted molar refractivity (Wildman–Crippen MR) is 62.4 cm³/mol. The van der Waals surface area contributed by atoms with Crippen LogP contribution in [0, 0.1) is 11.8 Å². The van der Waals surface area contributed by atoms with Crippen molar-refractivity contribution in [1.82, 2.24) is 0 Å². The first kappa shape index (κ1) is 13.0. The zero-order chi connectivity index (χ0) is 12.2. The molecule has 0 saturated heterocycles. The number of hydrogen-bond donors (Lipinski definition) is 0. The Bertz CT molecular complexity index is 393. The molecule has 0 radical (unpaired) electrons. The summed E-state index contributed by atoms with van der Waals surface area (Å²) in [6, 6.07) is 4.92. The van der Waals surface area contributed by atoms with Gasteiger partial charge in [0.05, 0.1) is 18.1 Å². The molecule has 0 amide bonds. The first-order chi connectivity index (χ1) is 7.39. The van der Waals surface area contributed by atoms with Crippen molar-refractivity contribution in [2.75, 3.05) is 18.3 Å². The molecule has 0 aliphatic rings. The highest BCUT2D eigenvalue weighted by Gasteiger charge is 2.29. The summed E-state index contributed by atoms with van der Waals surface area (Å²) < 4.78 is 36.7. The first-order valence-corrected chi connectivity index (χ1v) is 6.81. The van der Waals surface area contributed by atoms with Gasteiger partial charge >= 0.3 is 6.18 Å². The Morgan fingerprint density at radius 3 is 2.12 bits per heavy atom. The van der Waals surface area contributed by atoms with Crippen molar-refractivity contribution in [3.05, 3.63) is 35.4 Å². The van der Waals surface area contributed by atoms with Crippen molar-refractivity contribution in [2.45, 2.75) is 6.18 Å². The van der Waals surface area contributed by atoms with E-state index in [1.54, 1.807) is 0 Å². The van der Waals surface area contributed by atoms with Crippen LogP contribution in [0.4, 0.5) is 13.2 Å². The van der Waals surface area contributed by atoms with Crippen LogP contribution in [0.3, 0.4) is 0 Å². The summed E-state index contributed by atoms with van der Waals surface area (Å²) in [4.78, 5) is 0. The Kier molecular flexibility index (Phi) is 4.31. The molecule has 0 aliphatic heterocycles. The standard InChI is InChI=1S/C12H12F3S/c1-16(2)9-3-4-10-5-7-11(8-6-10)12(13,14)15/h5-8H,9H2,1-2H3/q+1. The van der Waals surface area contributed by atoms with Crippen LogP contribution >= 0.6 is 0 Å². The maximum Gasteiger partial charge on any atom is 0.416 e. The quantitative estimate of drug-likeness (QED) is 0.527. The predicted octanol–water partition coefficient (Wildman–Crippen LogP) is 2.93. The van der Waals surface area contributed by atoms with Gasteiger partial charge in [-0.1, -0.05) is 5.92 Å². The zero-order valence-electron chi connectivity index (χ0n) is 9.06. The van der Waals surface area contributed by atoms with E-state index in [0.29, 0.717) is 5.56 Å². The molecule has 0 saturated carbocycles. The van der Waals surface area contributed by atoms with E-state index in [9.17, 15) is 13.2 Å². The third-order valence-corrected chi connectivity index (χ3v) is 2.53. The lowest BCUT2D eigenvalue weighted by Crippen LogP contribution is -2.04. The minimum Gasteiger partial charge on any atom is -0.166 e. The summed E-state index contributed by atoms with van der Waals surface area (Å²) in [5.74, 6) is 6.56. The highest BCUT2D eigenvalue weighted by atomic mass is 32.2. The van der Waals surface area contributed by atoms with Crippen LogP contribution in [0.5, 0.6) is 0 Å². The van der Waals surface area contributed by atoms with Crippen molar-refractivity contribution < 1.29 is 13.2 Å². The zero-order valence-corrected chi connectivity index (χ0v) is 9.88. The molecular weight excluding hydrogens is 233 g/mol. The third kappa shape index (κ3) is 4.19. The fraction of sp³-hybridized carbons (Fsp3) is 0.333. The van der Waals surface area contributed by atoms with Crippen LogP contribution in [0.25, 0.3) is 0 Å². The molecule has 0 spiro atoms. The molecule has 86 valence electrons. The lowest BCUT2D eigenvalue weighted by Gasteiger charge is -2.05. The molecule has 0 unspecified atom stereocenters. The smallest absolute Gasteiger partial charge is 0.166 e. The molecule has 16 heavy (non-hydrogen) atoms. The van der Waals surface area contributed by atoms with E-state index in [2.05, 4.69) is 24.4 Å². The largest absolute Gasteiger partial charge is 0.416 e. The fourth-order valence-electron chi connectivity index (χ4n) is 1.03. The minimum absolute atomic E-state index is 0.239. The van der Waals surface area contributed by atoms with Crippen LogP contribution in [0.15, 0.2) is 24.3 Å². The number of benzene rings is 1. The van der Waals surface area contributed by atoms with Gasteiger partial charge in [-0.15, -0.1) is 0 Å². The second-order valence-electron chi connectivity index (χ2n) is 3.51. The van der Waals surface area contributed by atoms with E-state index < -0.39 is 11.7 Å². The van der Waals surface area contributed by atoms with Crippen molar-refractivity contribution in [3.63, 3.8) is 0 Å². The van der Waals surface area contributed by atoms with E-state index in [4.69, 9.17) is 0 Å². The second-order valence-corrected chi connectivity index (χ2v) is 5.77. The van der Waals surface area contributed by atoms with Gasteiger partial charge in [0.2, 0.25) is 0 Å². The van der Waals surface area contributed by atoms with E-state index in [0.717, 1.165) is 17.9 Å². The summed E-state index contributed by atoms with van der Waals surface area (Å²) in [6.45, 7) is 0. The molecule has 0 N–H and O–H groups in total. The fourth-order valence-corrected chi connectivity index (χ4v) is 1.39. The van der Waals surface area contributed by atoms with Gasteiger partial charge in [-0.3, -0.25) is 0 Å². The van der Waals surface area contributed by atoms with Crippen molar-refractivity contribution in [1.29, 1.82) is 0 Å². The van der Waals surface area contributed by atoms with E-state index in [-0.39, 0.29) is 10.9 Å². The maximum atomic E-state index is 12.2. The van der Waals surface area contributed by atoms with E-state index >= 15 is 0 Å². The topological polar surface area (TPSA) is 0 Å². The summed E-state index contributed by atoms with van der Waals surface area (Å²) in [6.07, 6.45) is -0.131. The lowest BCUT2D eigenvalue weighted by atomic mass is 10.1. The molecule has 0 aliphatic carbocycles. The van der Waals surface area contributed by atoms with Crippen LogP contribution in [0.2, 0.25) is 0 Å². The third-order valence-electron chi connectivity index (χ3n) is 1.81. The highest BCUT2D eigenvalue weighted by molar-refractivity contribution is 7.95. The molecule has 1 aromatic carbocycles. The van der Waals surface area contributed by atoms with Crippen LogP contribution in [-0.2, 0) is 17.1 Å². The Labute approximate surface area is 96.2 Å². The number of alkyl halides is 3. The average Bonchev–Trinajstić information content (AvgIpc) is 2.16. The average molecular weight is 245 g/mol. The van der Waals surface area contributed by atoms with Crippen LogP contribution in [0.1, 0.15) is 11.1 Å². The Morgan fingerprint density at radius 2 is 1.69 bits per heavy atom. The maximum absolute atomic E-state index is 12.2. The number of rotatable bonds is 1. The van der Waals surface area contributed by atoms with E-state index in [1.165, 1.54) is 12.1 Å². The summed E-state index contributed by atoms with van der Waals surface area (Å²) >= 11 is 0. The molecule has 0 heterocycles. The Morgan fingerprint density at radius 1 is 1.12 bits per heavy atom. The molecule has 0 nitrogen and oxygen atoms in total. The van der Waals surface area contributed by atoms with Gasteiger partial charge in [0.25, 0.3) is 0 Å². The second kappa shape index (κ2) is 5.31. The number of halogens is 3. The van der Waals surface area contributed by atoms with Gasteiger partial charge in [-0.25, -0.2) is 0 Å². The van der Waals surface area contributed by atoms with Crippen LogP contribution < -0.4 is 0 Å². The normalized spacial score (nSPS) is 11.1. The number of hydrogen-bond acceptors (Lipinski definition) is 0. The van der Waals surface area contributed by atoms with Crippen LogP contribution in [-0.4, -0.2) is 18.3 Å². The molecular formula is C12H12F3S+. The Balaban J connectivity index is 2.75. The molecule has 0 bridgehead atoms. The van der Waals surface area contributed by atoms with Crippen molar-refractivity contribution in [2.24, 2.45) is 0 Å². The molecule has 1 rings (SSSR count). The van der Waals surface area contributed by atoms with Crippen molar-refractivity contribution in [3.8, 4) is 11.8 Å². The van der Waals surface area contributed by atoms with Gasteiger partial charge in [-0.2, -0.15) is 13.2 Å². The van der Waals surface area contributed by atoms with Gasteiger partial charge in [0.1, 0.15) is 0 Å². The highest BCUT2D eigenvalue weighted by Crippen LogP contribution is 2.28. The molecule has 1 aromatic rings. The molecule has 4 heteroatoms. The molecule has 0 aromatic heterocycles. The van der Waals surface area contributed by atoms with Gasteiger partial charge in [-0.05, 0) is 41.1 Å². The monoisotopic (exact) mass is 245 g/mol. The summed E-state index contributed by atoms with van der Waals surface area (Å²) in [5.41, 5.74) is -0.0118.